The summed E-state index contributed by atoms with van der Waals surface area (Å²) in [5.41, 5.74) is 0. The number of phosphoric ester groups is 1. The van der Waals surface area contributed by atoms with Crippen molar-refractivity contribution in [2.75, 3.05) is 40.5 Å². The minimum atomic E-state index is -4.38. The van der Waals surface area contributed by atoms with Crippen molar-refractivity contribution in [2.45, 2.75) is 174 Å². The van der Waals surface area contributed by atoms with E-state index in [0.717, 1.165) is 64.2 Å². The predicted molar refractivity (Wildman–Crippen MR) is 238 cm³/mol. The Bertz CT molecular complexity index is 1180. The molecule has 0 aromatic carbocycles. The molecule has 0 heterocycles. The number of ether oxygens (including phenoxy) is 2. The van der Waals surface area contributed by atoms with Gasteiger partial charge in [-0.05, 0) is 97.6 Å². The maximum absolute atomic E-state index is 12.7. The van der Waals surface area contributed by atoms with E-state index in [1.165, 1.54) is 64.2 Å². The van der Waals surface area contributed by atoms with Gasteiger partial charge in [0.15, 0.2) is 6.10 Å². The van der Waals surface area contributed by atoms with Crippen LogP contribution in [0.25, 0.3) is 0 Å². The maximum atomic E-state index is 12.7. The van der Waals surface area contributed by atoms with Crippen LogP contribution >= 0.6 is 7.82 Å². The first-order valence-electron chi connectivity index (χ1n) is 22.2. The summed E-state index contributed by atoms with van der Waals surface area (Å²) in [6.07, 6.45) is 49.5. The minimum absolute atomic E-state index is 0.00832. The highest BCUT2D eigenvalue weighted by atomic mass is 31.2. The fraction of sp³-hybridized carbons (Fsp3) is 0.702. The minimum Gasteiger partial charge on any atom is -0.462 e. The van der Waals surface area contributed by atoms with Crippen LogP contribution in [-0.4, -0.2) is 68.3 Å². The van der Waals surface area contributed by atoms with Crippen molar-refractivity contribution in [1.29, 1.82) is 0 Å². The predicted octanol–water partition coefficient (Wildman–Crippen LogP) is 12.9. The second-order valence-corrected chi connectivity index (χ2v) is 16.3. The van der Waals surface area contributed by atoms with Gasteiger partial charge in [-0.3, -0.25) is 18.6 Å². The molecule has 0 amide bonds. The van der Waals surface area contributed by atoms with Crippen LogP contribution in [0.3, 0.4) is 0 Å². The lowest BCUT2D eigenvalue weighted by atomic mass is 10.1. The maximum Gasteiger partial charge on any atom is 0.472 e. The normalized spacial score (nSPS) is 14.1. The van der Waals surface area contributed by atoms with E-state index in [1.54, 1.807) is 4.90 Å². The lowest BCUT2D eigenvalue weighted by molar-refractivity contribution is -0.161. The average molecular weight is 820 g/mol. The quantitative estimate of drug-likeness (QED) is 0.0279. The number of nitrogens with zero attached hydrogens (tertiary/aromatic N) is 1. The highest BCUT2D eigenvalue weighted by Crippen LogP contribution is 2.43. The molecule has 9 nitrogen and oxygen atoms in total. The van der Waals surface area contributed by atoms with Gasteiger partial charge in [0.05, 0.1) is 13.2 Å². The van der Waals surface area contributed by atoms with Gasteiger partial charge in [-0.15, -0.1) is 0 Å². The van der Waals surface area contributed by atoms with Crippen LogP contribution in [0.4, 0.5) is 0 Å². The molecule has 1 N–H and O–H groups in total. The summed E-state index contributed by atoms with van der Waals surface area (Å²) in [4.78, 5) is 37.0. The molecule has 0 rings (SSSR count). The Balaban J connectivity index is 4.43. The number of likely N-dealkylation sites (N-methyl/N-ethyl adjacent to an activating group) is 1. The monoisotopic (exact) mass is 820 g/mol. The third-order valence-corrected chi connectivity index (χ3v) is 9.97. The summed E-state index contributed by atoms with van der Waals surface area (Å²) in [5.74, 6) is -0.895. The summed E-state index contributed by atoms with van der Waals surface area (Å²) >= 11 is 0. The highest BCUT2D eigenvalue weighted by molar-refractivity contribution is 7.47. The van der Waals surface area contributed by atoms with Gasteiger partial charge in [-0.2, -0.15) is 0 Å². The van der Waals surface area contributed by atoms with Gasteiger partial charge in [-0.25, -0.2) is 4.57 Å². The standard InChI is InChI=1S/C47H82NO8P/c1-5-7-9-11-13-15-17-19-21-23-25-27-29-31-33-35-37-39-46(49)53-43-45(44-55-57(51,52)54-42-41-48(3)4)56-47(50)40-38-36-34-32-30-28-26-24-22-20-18-16-14-12-10-8-6-2/h14,16,19-22,25-28,31,33,45H,5-13,15,17-18,23-24,29-30,32,34-44H2,1-4H3,(H,51,52)/b16-14-,21-19-,22-20-,27-25-,28-26-,33-31-. The molecule has 0 aliphatic carbocycles. The van der Waals surface area contributed by atoms with Crippen molar-refractivity contribution in [2.24, 2.45) is 0 Å². The zero-order valence-corrected chi connectivity index (χ0v) is 37.4. The topological polar surface area (TPSA) is 112 Å². The van der Waals surface area contributed by atoms with Crippen LogP contribution in [0.2, 0.25) is 0 Å². The lowest BCUT2D eigenvalue weighted by Gasteiger charge is -2.20. The average Bonchev–Trinajstić information content (AvgIpc) is 3.18. The van der Waals surface area contributed by atoms with E-state index in [2.05, 4.69) is 86.8 Å². The second-order valence-electron chi connectivity index (χ2n) is 14.9. The van der Waals surface area contributed by atoms with Crippen molar-refractivity contribution in [3.8, 4) is 0 Å². The molecule has 0 bridgehead atoms. The molecule has 0 saturated heterocycles. The fourth-order valence-electron chi connectivity index (χ4n) is 5.53. The van der Waals surface area contributed by atoms with Crippen molar-refractivity contribution in [1.82, 2.24) is 4.90 Å². The van der Waals surface area contributed by atoms with Crippen LogP contribution < -0.4 is 0 Å². The number of unbranched alkanes of at least 4 members (excludes halogenated alkanes) is 14. The molecule has 0 saturated carbocycles. The van der Waals surface area contributed by atoms with Gasteiger partial charge >= 0.3 is 19.8 Å². The van der Waals surface area contributed by atoms with Crippen LogP contribution in [0.1, 0.15) is 168 Å². The largest absolute Gasteiger partial charge is 0.472 e. The Labute approximate surface area is 348 Å². The van der Waals surface area contributed by atoms with E-state index in [-0.39, 0.29) is 26.1 Å². The lowest BCUT2D eigenvalue weighted by Crippen LogP contribution is -2.29. The van der Waals surface area contributed by atoms with Crippen LogP contribution in [0.15, 0.2) is 72.9 Å². The molecule has 57 heavy (non-hydrogen) atoms. The Morgan fingerprint density at radius 1 is 0.544 bits per heavy atom. The first-order chi connectivity index (χ1) is 27.7. The number of allylic oxidation sites excluding steroid dienone is 12. The smallest absolute Gasteiger partial charge is 0.462 e. The van der Waals surface area contributed by atoms with E-state index in [1.807, 2.05) is 14.1 Å². The third-order valence-electron chi connectivity index (χ3n) is 8.99. The number of carbonyl (C=O) groups excluding carboxylic acids is 2. The van der Waals surface area contributed by atoms with E-state index in [4.69, 9.17) is 18.5 Å². The zero-order chi connectivity index (χ0) is 41.9. The molecule has 10 heteroatoms. The van der Waals surface area contributed by atoms with Crippen molar-refractivity contribution in [3.05, 3.63) is 72.9 Å². The van der Waals surface area contributed by atoms with Gasteiger partial charge in [0.25, 0.3) is 0 Å². The highest BCUT2D eigenvalue weighted by Gasteiger charge is 2.26. The Hall–Kier alpha value is -2.55. The fourth-order valence-corrected chi connectivity index (χ4v) is 6.27. The summed E-state index contributed by atoms with van der Waals surface area (Å²) < 4.78 is 33.4. The van der Waals surface area contributed by atoms with Crippen LogP contribution in [0.5, 0.6) is 0 Å². The summed E-state index contributed by atoms with van der Waals surface area (Å²) in [5, 5.41) is 0. The number of phosphoric acid groups is 1. The molecule has 0 aromatic rings. The Morgan fingerprint density at radius 3 is 1.49 bits per heavy atom. The van der Waals surface area contributed by atoms with Gasteiger partial charge in [0, 0.05) is 19.4 Å². The van der Waals surface area contributed by atoms with Crippen molar-refractivity contribution in [3.63, 3.8) is 0 Å². The van der Waals surface area contributed by atoms with Gasteiger partial charge < -0.3 is 19.3 Å². The molecule has 328 valence electrons. The molecule has 0 radical (unpaired) electrons. The molecular formula is C47H82NO8P. The molecular weight excluding hydrogens is 737 g/mol. The number of hydrogen-bond acceptors (Lipinski definition) is 8. The third kappa shape index (κ3) is 42.9. The molecule has 0 spiro atoms. The SMILES string of the molecule is CCCCC/C=C\C/C=C\C/C=C\CCCCCCC(=O)OC(COC(=O)CCC/C=C\C/C=C\C/C=C\CCCCCCCC)COP(=O)(O)OCCN(C)C. The summed E-state index contributed by atoms with van der Waals surface area (Å²) in [6.45, 7) is 4.19. The Kier molecular flexibility index (Phi) is 39.7. The van der Waals surface area contributed by atoms with E-state index >= 15 is 0 Å². The van der Waals surface area contributed by atoms with Crippen molar-refractivity contribution >= 4 is 19.8 Å². The van der Waals surface area contributed by atoms with E-state index in [9.17, 15) is 19.0 Å². The Morgan fingerprint density at radius 2 is 0.965 bits per heavy atom. The van der Waals surface area contributed by atoms with Gasteiger partial charge in [0.1, 0.15) is 6.61 Å². The number of rotatable bonds is 40. The summed E-state index contributed by atoms with van der Waals surface area (Å²) in [7, 11) is -0.753. The molecule has 0 fully saturated rings. The molecule has 0 aliphatic heterocycles. The second kappa shape index (κ2) is 41.6. The van der Waals surface area contributed by atoms with Gasteiger partial charge in [0.2, 0.25) is 0 Å². The number of carbonyl (C=O) groups is 2. The number of esters is 2. The molecule has 2 atom stereocenters. The van der Waals surface area contributed by atoms with Crippen LogP contribution in [-0.2, 0) is 32.7 Å². The number of hydrogen-bond donors (Lipinski definition) is 1. The van der Waals surface area contributed by atoms with E-state index in [0.29, 0.717) is 19.4 Å². The first kappa shape index (κ1) is 54.5. The van der Waals surface area contributed by atoms with E-state index < -0.39 is 32.5 Å². The zero-order valence-electron chi connectivity index (χ0n) is 36.5. The van der Waals surface area contributed by atoms with Gasteiger partial charge in [-0.1, -0.05) is 145 Å². The first-order valence-corrected chi connectivity index (χ1v) is 23.7. The molecule has 0 aliphatic rings. The molecule has 0 aromatic heterocycles. The molecule has 2 unspecified atom stereocenters. The van der Waals surface area contributed by atoms with Crippen LogP contribution in [0, 0.1) is 0 Å². The van der Waals surface area contributed by atoms with Crippen molar-refractivity contribution < 1.29 is 37.6 Å². The summed E-state index contributed by atoms with van der Waals surface area (Å²) in [6, 6.07) is 0.